The fourth-order valence-electron chi connectivity index (χ4n) is 31.4. The molecule has 0 aliphatic heterocycles. The van der Waals surface area contributed by atoms with E-state index in [1.165, 1.54) is 27.8 Å². The molecule has 5 heteroatoms. The van der Waals surface area contributed by atoms with Crippen LogP contribution < -0.4 is 4.90 Å². The minimum Gasteiger partial charge on any atom is -0.385 e. The lowest BCUT2D eigenvalue weighted by Crippen LogP contribution is -2.29. The molecule has 32 aromatic carbocycles. The number of ether oxygens (including phenoxy) is 2. The van der Waals surface area contributed by atoms with Gasteiger partial charge in [-0.25, -0.2) is 0 Å². The Morgan fingerprint density at radius 2 is 0.608 bits per heavy atom. The Morgan fingerprint density at radius 3 is 0.882 bits per heavy atom. The van der Waals surface area contributed by atoms with E-state index in [2.05, 4.69) is 120 Å². The van der Waals surface area contributed by atoms with Gasteiger partial charge in [0.2, 0.25) is 0 Å². The Bertz CT molecular complexity index is 8780. The summed E-state index contributed by atoms with van der Waals surface area (Å²) in [5.41, 5.74) is 14.6. The van der Waals surface area contributed by atoms with E-state index in [-0.39, 0.29) is 17.4 Å². The third-order valence-electron chi connectivity index (χ3n) is 32.8. The van der Waals surface area contributed by atoms with Crippen LogP contribution >= 0.6 is 0 Å². The van der Waals surface area contributed by atoms with Crippen LogP contribution in [0.3, 0.4) is 0 Å². The summed E-state index contributed by atoms with van der Waals surface area (Å²) in [6.45, 7) is 1.11. The molecule has 6 aliphatic carbocycles. The minimum absolute atomic E-state index is 0.0821. The average molecular weight is 1270 g/mol. The number of anilines is 3. The smallest absolute Gasteiger partial charge is 0.126 e. The van der Waals surface area contributed by atoms with Crippen molar-refractivity contribution in [2.75, 3.05) is 32.3 Å². The topological polar surface area (TPSA) is 69.3 Å². The van der Waals surface area contributed by atoms with Crippen molar-refractivity contribution in [1.82, 2.24) is 0 Å². The monoisotopic (exact) mass is 1270 g/mol. The van der Waals surface area contributed by atoms with Gasteiger partial charge in [-0.15, -0.1) is 0 Å². The number of hydrogen-bond donors (Lipinski definition) is 0. The second-order valence-electron chi connectivity index (χ2n) is 34.3. The van der Waals surface area contributed by atoms with Crippen molar-refractivity contribution in [3.05, 3.63) is 148 Å². The van der Waals surface area contributed by atoms with Crippen LogP contribution in [0.4, 0.5) is 17.1 Å². The lowest BCUT2D eigenvalue weighted by Gasteiger charge is -2.34. The van der Waals surface area contributed by atoms with Gasteiger partial charge in [0.15, 0.2) is 0 Å². The molecular formula is C97H33N3O2. The fraction of sp³-hybridized carbons (Fsp3) is 0.113. The lowest BCUT2D eigenvalue weighted by molar-refractivity contribution is 0.145. The van der Waals surface area contributed by atoms with E-state index in [1.54, 1.807) is 313 Å². The van der Waals surface area contributed by atoms with Gasteiger partial charge in [0.25, 0.3) is 0 Å². The van der Waals surface area contributed by atoms with Crippen molar-refractivity contribution in [3.8, 4) is 23.3 Å². The van der Waals surface area contributed by atoms with Crippen molar-refractivity contribution in [3.63, 3.8) is 0 Å². The summed E-state index contributed by atoms with van der Waals surface area (Å²) in [7, 11) is 3.71. The van der Waals surface area contributed by atoms with Crippen molar-refractivity contribution in [2.24, 2.45) is 5.92 Å². The first-order valence-electron chi connectivity index (χ1n) is 37.1. The van der Waals surface area contributed by atoms with Gasteiger partial charge in [0.05, 0.1) is 0 Å². The highest BCUT2D eigenvalue weighted by molar-refractivity contribution is 6.82. The van der Waals surface area contributed by atoms with Gasteiger partial charge in [-0.1, -0.05) is 60.7 Å². The molecule has 2 spiro atoms. The number of nitrogens with zero attached hydrogens (tertiary/aromatic N) is 3. The first-order chi connectivity index (χ1) is 50.6. The Labute approximate surface area is 568 Å². The maximum absolute atomic E-state index is 11.7. The second-order valence-corrected chi connectivity index (χ2v) is 34.3. The summed E-state index contributed by atoms with van der Waals surface area (Å²) in [5, 5.41) is 109. The van der Waals surface area contributed by atoms with Gasteiger partial charge in [-0.05, 0) is 402 Å². The van der Waals surface area contributed by atoms with E-state index in [1.807, 2.05) is 14.2 Å². The number of benzene rings is 22. The zero-order chi connectivity index (χ0) is 63.6. The SMILES string of the molecule is COCCC1(CCOC)c2cc(C(C=C(C#N)C#N)C3C45c6c7c8c9c%10c%11c(c%12c%13c4c4c6c6c%14c7c7c8c8c%10c%10c%15c%11c%11c%12c%12c%13c%13c4c4c6c6c%14c%14c7c7c8c%10c8c%10c%15c%11c%11c%12c%12c%13c4c4c6c6c%14c7c8c7c%10c%11c%12c4c67)C935)ccc2-c2ccc(N(c3ccccc3)c3ccccc3)cc21. The summed E-state index contributed by atoms with van der Waals surface area (Å²) >= 11 is 0. The molecule has 448 valence electrons. The molecule has 0 bridgehead atoms. The first kappa shape index (κ1) is 44.7. The van der Waals surface area contributed by atoms with Crippen molar-refractivity contribution in [1.29, 1.82) is 10.5 Å². The van der Waals surface area contributed by atoms with Crippen molar-refractivity contribution >= 4 is 308 Å². The van der Waals surface area contributed by atoms with Gasteiger partial charge >= 0.3 is 0 Å². The van der Waals surface area contributed by atoms with E-state index in [9.17, 15) is 10.5 Å². The number of allylic oxidation sites excluding steroid dienone is 2. The van der Waals surface area contributed by atoms with E-state index >= 15 is 0 Å². The largest absolute Gasteiger partial charge is 0.385 e. The van der Waals surface area contributed by atoms with Gasteiger partial charge in [-0.2, -0.15) is 10.5 Å². The number of methoxy groups -OCH3 is 2. The zero-order valence-electron chi connectivity index (χ0n) is 54.0. The van der Waals surface area contributed by atoms with Crippen LogP contribution in [0, 0.1) is 28.6 Å². The maximum atomic E-state index is 11.7. The number of hydrogen-bond acceptors (Lipinski definition) is 5. The van der Waals surface area contributed by atoms with Crippen LogP contribution in [0.5, 0.6) is 0 Å². The van der Waals surface area contributed by atoms with Crippen molar-refractivity contribution < 1.29 is 9.47 Å². The summed E-state index contributed by atoms with van der Waals surface area (Å²) in [5.74, 6) is -0.431. The van der Waals surface area contributed by atoms with Crippen LogP contribution in [-0.2, 0) is 25.7 Å². The standard InChI is InChI=1S/C97H33N3O2/c1-101-19-17-95(18-20-102-2)34-22-27(13-15-31(34)32-16-14-30(23-35(32)95)100(28-9-5-3-6-10-28)29-11-7-4-8-12-29)33(21-26(24-98)25-99)94-96-90-82-74-64-54-46-38-36-37-40-44-42(38)50-58-52(44)62-56-48(40)49-41(37)45-43-39(36)47(46)55-61-51(43)59-53(45)63-57(49)67-66(56)76-70(62)80-72(58)78(68(74)60(50)54)86(90)88(80)92-84(76)85-77(67)71(63)81-73(59)79-69(61)75(65(55)64)83(82)91(96)87(79)89(81)93(85)97(92,94)96/h3-16,21-23,33,94H,17-20H2,1-2H3. The van der Waals surface area contributed by atoms with Crippen LogP contribution in [0.2, 0.25) is 0 Å². The quantitative estimate of drug-likeness (QED) is 0.0900. The van der Waals surface area contributed by atoms with Gasteiger partial charge in [-0.3, -0.25) is 0 Å². The van der Waals surface area contributed by atoms with Gasteiger partial charge in [0, 0.05) is 66.7 Å². The van der Waals surface area contributed by atoms with Crippen LogP contribution in [-0.4, -0.2) is 27.4 Å². The average Bonchev–Trinajstić information content (AvgIpc) is 1.36. The molecule has 5 nitrogen and oxygen atoms in total. The van der Waals surface area contributed by atoms with Gasteiger partial charge in [0.1, 0.15) is 17.7 Å². The molecule has 38 rings (SSSR count). The summed E-state index contributed by atoms with van der Waals surface area (Å²) in [6, 6.07) is 41.6. The van der Waals surface area contributed by atoms with Crippen LogP contribution in [0.1, 0.15) is 57.7 Å². The molecular weight excluding hydrogens is 1240 g/mol. The Hall–Kier alpha value is -12.2. The summed E-state index contributed by atoms with van der Waals surface area (Å²) in [6.07, 6.45) is 3.73. The first-order valence-corrected chi connectivity index (χ1v) is 37.1. The molecule has 0 saturated heterocycles. The molecule has 6 aliphatic rings. The molecule has 0 aromatic heterocycles. The van der Waals surface area contributed by atoms with Crippen LogP contribution in [0.15, 0.2) is 109 Å². The number of rotatable bonds is 12. The predicted molar refractivity (Wildman–Crippen MR) is 420 cm³/mol. The van der Waals surface area contributed by atoms with E-state index in [4.69, 9.17) is 9.47 Å². The molecule has 1 saturated carbocycles. The summed E-state index contributed by atoms with van der Waals surface area (Å²) in [4.78, 5) is 2.40. The molecule has 0 radical (unpaired) electrons. The van der Waals surface area contributed by atoms with E-state index in [0.29, 0.717) is 13.2 Å². The molecule has 32 aromatic rings. The molecule has 1 unspecified atom stereocenters. The predicted octanol–water partition coefficient (Wildman–Crippen LogP) is 24.5. The highest BCUT2D eigenvalue weighted by Gasteiger charge is 2.87. The molecule has 0 heterocycles. The molecule has 0 N–H and O–H groups in total. The number of para-hydroxylation sites is 2. The van der Waals surface area contributed by atoms with E-state index in [0.717, 1.165) is 29.9 Å². The lowest BCUT2D eigenvalue weighted by atomic mass is 9.68. The highest BCUT2D eigenvalue weighted by atomic mass is 16.5. The highest BCUT2D eigenvalue weighted by Crippen LogP contribution is 2.94. The third-order valence-corrected chi connectivity index (χ3v) is 32.8. The molecule has 102 heavy (non-hydrogen) atoms. The number of nitriles is 2. The van der Waals surface area contributed by atoms with Gasteiger partial charge < -0.3 is 14.4 Å². The van der Waals surface area contributed by atoms with Crippen LogP contribution in [0.25, 0.3) is 302 Å². The van der Waals surface area contributed by atoms with E-state index < -0.39 is 16.2 Å². The normalized spacial score (nSPS) is 20.5. The zero-order valence-corrected chi connectivity index (χ0v) is 54.0. The second kappa shape index (κ2) is 11.8. The minimum atomic E-state index is -0.534. The van der Waals surface area contributed by atoms with Crippen molar-refractivity contribution in [2.45, 2.75) is 35.0 Å². The molecule has 1 fully saturated rings. The maximum Gasteiger partial charge on any atom is 0.126 e. The number of fused-ring (bicyclic) bond motifs is 3. The Morgan fingerprint density at radius 1 is 0.343 bits per heavy atom. The fourth-order valence-corrected chi connectivity index (χ4v) is 31.4. The Kier molecular flexibility index (Phi) is 5.17. The third kappa shape index (κ3) is 3.03. The molecule has 1 atom stereocenters. The Balaban J connectivity index is 0.760. The molecule has 0 amide bonds. The summed E-state index contributed by atoms with van der Waals surface area (Å²) < 4.78 is 12.6.